The molecular formula is C12H17NO5S2. The number of aromatic carboxylic acids is 1. The van der Waals surface area contributed by atoms with Gasteiger partial charge in [-0.1, -0.05) is 19.3 Å². The summed E-state index contributed by atoms with van der Waals surface area (Å²) in [5.41, 5.74) is -0.817. The minimum atomic E-state index is -3.81. The Kier molecular flexibility index (Phi) is 4.48. The first kappa shape index (κ1) is 15.4. The van der Waals surface area contributed by atoms with Gasteiger partial charge in [-0.25, -0.2) is 17.9 Å². The van der Waals surface area contributed by atoms with Crippen molar-refractivity contribution >= 4 is 27.3 Å². The molecule has 0 radical (unpaired) electrons. The van der Waals surface area contributed by atoms with Crippen LogP contribution in [0.5, 0.6) is 0 Å². The molecule has 1 aromatic rings. The van der Waals surface area contributed by atoms with Gasteiger partial charge in [0.15, 0.2) is 0 Å². The van der Waals surface area contributed by atoms with E-state index in [9.17, 15) is 18.3 Å². The summed E-state index contributed by atoms with van der Waals surface area (Å²) in [6.45, 7) is -0.248. The molecule has 1 saturated carbocycles. The number of aliphatic hydroxyl groups excluding tert-OH is 1. The lowest BCUT2D eigenvalue weighted by atomic mass is 9.83. The van der Waals surface area contributed by atoms with Crippen LogP contribution in [-0.4, -0.2) is 36.7 Å². The summed E-state index contributed by atoms with van der Waals surface area (Å²) >= 11 is 0.872. The van der Waals surface area contributed by atoms with Crippen LogP contribution in [0.2, 0.25) is 0 Å². The van der Waals surface area contributed by atoms with Gasteiger partial charge in [0.05, 0.1) is 17.0 Å². The Labute approximate surface area is 121 Å². The van der Waals surface area contributed by atoms with Crippen LogP contribution < -0.4 is 4.72 Å². The molecule has 112 valence electrons. The molecule has 1 fully saturated rings. The zero-order valence-corrected chi connectivity index (χ0v) is 12.5. The number of carboxylic acids is 1. The maximum Gasteiger partial charge on any atom is 0.345 e. The first-order valence-electron chi connectivity index (χ1n) is 6.35. The fourth-order valence-corrected chi connectivity index (χ4v) is 5.00. The molecule has 0 spiro atoms. The molecule has 6 nitrogen and oxygen atoms in total. The first-order chi connectivity index (χ1) is 9.38. The molecule has 0 amide bonds. The van der Waals surface area contributed by atoms with Gasteiger partial charge in [0.1, 0.15) is 4.88 Å². The molecule has 1 aromatic heterocycles. The summed E-state index contributed by atoms with van der Waals surface area (Å²) in [5.74, 6) is -1.15. The minimum absolute atomic E-state index is 0.0212. The molecule has 0 atom stereocenters. The van der Waals surface area contributed by atoms with Crippen molar-refractivity contribution in [1.29, 1.82) is 0 Å². The van der Waals surface area contributed by atoms with Gasteiger partial charge in [0.2, 0.25) is 10.0 Å². The van der Waals surface area contributed by atoms with E-state index in [1.54, 1.807) is 0 Å². The van der Waals surface area contributed by atoms with Crippen molar-refractivity contribution in [2.24, 2.45) is 0 Å². The van der Waals surface area contributed by atoms with Gasteiger partial charge in [-0.2, -0.15) is 0 Å². The number of sulfonamides is 1. The number of hydrogen-bond acceptors (Lipinski definition) is 5. The Balaban J connectivity index is 2.23. The number of aliphatic hydroxyl groups is 1. The normalized spacial score (nSPS) is 18.9. The van der Waals surface area contributed by atoms with E-state index >= 15 is 0 Å². The standard InChI is InChI=1S/C12H17NO5S2/c14-8-12(4-2-1-3-5-12)13-20(17,18)9-6-10(11(15)16)19-7-9/h6-7,13-14H,1-5,8H2,(H,15,16). The maximum absolute atomic E-state index is 12.3. The third-order valence-corrected chi connectivity index (χ3v) is 6.19. The van der Waals surface area contributed by atoms with Crippen LogP contribution >= 0.6 is 11.3 Å². The molecule has 0 saturated heterocycles. The summed E-state index contributed by atoms with van der Waals surface area (Å²) in [4.78, 5) is 10.7. The average Bonchev–Trinajstić information content (AvgIpc) is 2.90. The SMILES string of the molecule is O=C(O)c1cc(S(=O)(=O)NC2(CO)CCCCC2)cs1. The second-order valence-electron chi connectivity index (χ2n) is 5.06. The largest absolute Gasteiger partial charge is 0.477 e. The first-order valence-corrected chi connectivity index (χ1v) is 8.71. The third kappa shape index (κ3) is 3.20. The van der Waals surface area contributed by atoms with Crippen molar-refractivity contribution < 1.29 is 23.4 Å². The summed E-state index contributed by atoms with van der Waals surface area (Å²) < 4.78 is 27.1. The van der Waals surface area contributed by atoms with Crippen LogP contribution in [0.25, 0.3) is 0 Å². The topological polar surface area (TPSA) is 104 Å². The number of nitrogens with one attached hydrogen (secondary N) is 1. The maximum atomic E-state index is 12.3. The van der Waals surface area contributed by atoms with Gasteiger partial charge in [-0.3, -0.25) is 0 Å². The van der Waals surface area contributed by atoms with Crippen molar-refractivity contribution in [1.82, 2.24) is 4.72 Å². The van der Waals surface area contributed by atoms with Crippen molar-refractivity contribution in [3.05, 3.63) is 16.3 Å². The van der Waals surface area contributed by atoms with Crippen molar-refractivity contribution in [2.45, 2.75) is 42.5 Å². The van der Waals surface area contributed by atoms with E-state index in [1.807, 2.05) is 0 Å². The second kappa shape index (κ2) is 5.80. The van der Waals surface area contributed by atoms with Crippen LogP contribution in [0.4, 0.5) is 0 Å². The van der Waals surface area contributed by atoms with Gasteiger partial charge < -0.3 is 10.2 Å². The number of carbonyl (C=O) groups is 1. The monoisotopic (exact) mass is 319 g/mol. The summed E-state index contributed by atoms with van der Waals surface area (Å²) in [6, 6.07) is 1.14. The van der Waals surface area contributed by atoms with Crippen LogP contribution in [-0.2, 0) is 10.0 Å². The molecular weight excluding hydrogens is 302 g/mol. The van der Waals surface area contributed by atoms with Crippen LogP contribution in [0.3, 0.4) is 0 Å². The fraction of sp³-hybridized carbons (Fsp3) is 0.583. The number of rotatable bonds is 5. The van der Waals surface area contributed by atoms with Gasteiger partial charge in [-0.15, -0.1) is 11.3 Å². The quantitative estimate of drug-likeness (QED) is 0.761. The predicted octanol–water partition coefficient (Wildman–Crippen LogP) is 1.42. The molecule has 3 N–H and O–H groups in total. The van der Waals surface area contributed by atoms with Gasteiger partial charge in [0, 0.05) is 5.38 Å². The smallest absolute Gasteiger partial charge is 0.345 e. The van der Waals surface area contributed by atoms with Crippen molar-refractivity contribution in [3.63, 3.8) is 0 Å². The number of hydrogen-bond donors (Lipinski definition) is 3. The molecule has 1 aliphatic carbocycles. The minimum Gasteiger partial charge on any atom is -0.477 e. The molecule has 1 heterocycles. The summed E-state index contributed by atoms with van der Waals surface area (Å²) in [7, 11) is -3.81. The van der Waals surface area contributed by atoms with E-state index in [2.05, 4.69) is 4.72 Å². The Morgan fingerprint density at radius 1 is 1.35 bits per heavy atom. The number of thiophene rings is 1. The third-order valence-electron chi connectivity index (χ3n) is 3.56. The number of carboxylic acid groups (broad SMARTS) is 1. The Morgan fingerprint density at radius 3 is 2.50 bits per heavy atom. The lowest BCUT2D eigenvalue weighted by Gasteiger charge is -2.35. The van der Waals surface area contributed by atoms with E-state index in [0.717, 1.165) is 36.7 Å². The highest BCUT2D eigenvalue weighted by atomic mass is 32.2. The summed E-state index contributed by atoms with van der Waals surface area (Å²) in [5, 5.41) is 19.7. The van der Waals surface area contributed by atoms with E-state index in [4.69, 9.17) is 5.11 Å². The molecule has 8 heteroatoms. The Hall–Kier alpha value is -0.960. The molecule has 1 aliphatic rings. The zero-order valence-electron chi connectivity index (χ0n) is 10.8. The highest BCUT2D eigenvalue weighted by Gasteiger charge is 2.36. The highest BCUT2D eigenvalue weighted by Crippen LogP contribution is 2.30. The van der Waals surface area contributed by atoms with Crippen LogP contribution in [0.1, 0.15) is 41.8 Å². The Morgan fingerprint density at radius 2 is 2.00 bits per heavy atom. The van der Waals surface area contributed by atoms with E-state index in [1.165, 1.54) is 5.38 Å². The molecule has 0 bridgehead atoms. The molecule has 0 aliphatic heterocycles. The van der Waals surface area contributed by atoms with Gasteiger partial charge >= 0.3 is 5.97 Å². The molecule has 2 rings (SSSR count). The average molecular weight is 319 g/mol. The van der Waals surface area contributed by atoms with Crippen LogP contribution in [0, 0.1) is 0 Å². The van der Waals surface area contributed by atoms with E-state index < -0.39 is 21.5 Å². The van der Waals surface area contributed by atoms with Gasteiger partial charge in [-0.05, 0) is 18.9 Å². The van der Waals surface area contributed by atoms with Crippen LogP contribution in [0.15, 0.2) is 16.3 Å². The van der Waals surface area contributed by atoms with E-state index in [-0.39, 0.29) is 16.4 Å². The fourth-order valence-electron chi connectivity index (χ4n) is 2.44. The van der Waals surface area contributed by atoms with Crippen molar-refractivity contribution in [3.8, 4) is 0 Å². The zero-order chi connectivity index (χ0) is 14.8. The second-order valence-corrected chi connectivity index (χ2v) is 7.65. The Bertz CT molecular complexity index is 587. The predicted molar refractivity (Wildman–Crippen MR) is 74.5 cm³/mol. The molecule has 20 heavy (non-hydrogen) atoms. The van der Waals surface area contributed by atoms with E-state index in [0.29, 0.717) is 12.8 Å². The molecule has 0 aromatic carbocycles. The van der Waals surface area contributed by atoms with Gasteiger partial charge in [0.25, 0.3) is 0 Å². The highest BCUT2D eigenvalue weighted by molar-refractivity contribution is 7.89. The lowest BCUT2D eigenvalue weighted by molar-refractivity contribution is 0.0702. The summed E-state index contributed by atoms with van der Waals surface area (Å²) in [6.07, 6.45) is 3.96. The molecule has 0 unspecified atom stereocenters. The lowest BCUT2D eigenvalue weighted by Crippen LogP contribution is -2.52. The van der Waals surface area contributed by atoms with Crippen molar-refractivity contribution in [2.75, 3.05) is 6.61 Å².